The van der Waals surface area contributed by atoms with E-state index in [0.29, 0.717) is 5.75 Å². The molecule has 6 nitrogen and oxygen atoms in total. The lowest BCUT2D eigenvalue weighted by Gasteiger charge is -2.23. The average molecular weight is 322 g/mol. The number of carbonyl (C=O) groups excluding carboxylic acids is 1. The van der Waals surface area contributed by atoms with E-state index in [1.165, 1.54) is 23.3 Å². The Balaban J connectivity index is 1.73. The molecule has 1 saturated heterocycles. The molecule has 122 valence electrons. The van der Waals surface area contributed by atoms with Gasteiger partial charge in [-0.2, -0.15) is 5.10 Å². The number of ether oxygens (including phenoxy) is 1. The lowest BCUT2D eigenvalue weighted by Crippen LogP contribution is -2.39. The zero-order valence-electron chi connectivity index (χ0n) is 12.5. The first kappa shape index (κ1) is 15.4. The summed E-state index contributed by atoms with van der Waals surface area (Å²) in [4.78, 5) is 17.5. The first-order valence-corrected chi connectivity index (χ1v) is 7.15. The summed E-state index contributed by atoms with van der Waals surface area (Å²) in [6, 6.07) is 2.68. The van der Waals surface area contributed by atoms with E-state index in [1.54, 1.807) is 25.4 Å². The van der Waals surface area contributed by atoms with E-state index in [0.717, 1.165) is 4.90 Å². The fourth-order valence-corrected chi connectivity index (χ4v) is 2.61. The minimum absolute atomic E-state index is 0.00666. The predicted octanol–water partition coefficient (Wildman–Crippen LogP) is 1.74. The fraction of sp³-hybridized carbons (Fsp3) is 0.400. The molecule has 0 aromatic carbocycles. The van der Waals surface area contributed by atoms with Crippen LogP contribution in [0.25, 0.3) is 0 Å². The van der Waals surface area contributed by atoms with Crippen molar-refractivity contribution < 1.29 is 18.3 Å². The number of hydrogen-bond acceptors (Lipinski definition) is 4. The van der Waals surface area contributed by atoms with Gasteiger partial charge in [0.05, 0.1) is 30.5 Å². The molecule has 2 aromatic heterocycles. The van der Waals surface area contributed by atoms with Gasteiger partial charge in [0.25, 0.3) is 11.8 Å². The molecule has 0 radical (unpaired) electrons. The van der Waals surface area contributed by atoms with Crippen LogP contribution in [0.5, 0.6) is 5.75 Å². The van der Waals surface area contributed by atoms with E-state index in [4.69, 9.17) is 4.74 Å². The number of pyridine rings is 1. The zero-order chi connectivity index (χ0) is 16.4. The van der Waals surface area contributed by atoms with Gasteiger partial charge in [-0.1, -0.05) is 0 Å². The van der Waals surface area contributed by atoms with E-state index >= 15 is 0 Å². The van der Waals surface area contributed by atoms with Crippen molar-refractivity contribution in [2.24, 2.45) is 7.05 Å². The summed E-state index contributed by atoms with van der Waals surface area (Å²) in [7, 11) is 1.67. The molecule has 0 spiro atoms. The minimum Gasteiger partial charge on any atom is -0.490 e. The van der Waals surface area contributed by atoms with Gasteiger partial charge in [0.2, 0.25) is 0 Å². The normalized spacial score (nSPS) is 19.8. The van der Waals surface area contributed by atoms with Crippen LogP contribution in [-0.4, -0.2) is 50.7 Å². The van der Waals surface area contributed by atoms with Crippen LogP contribution in [0.1, 0.15) is 16.8 Å². The Morgan fingerprint density at radius 1 is 1.48 bits per heavy atom. The second kappa shape index (κ2) is 5.94. The number of carbonyl (C=O) groups is 1. The second-order valence-electron chi connectivity index (χ2n) is 5.55. The lowest BCUT2D eigenvalue weighted by atomic mass is 10.2. The molecule has 0 aliphatic carbocycles. The van der Waals surface area contributed by atoms with Crippen molar-refractivity contribution in [3.63, 3.8) is 0 Å². The van der Waals surface area contributed by atoms with Gasteiger partial charge >= 0.3 is 0 Å². The molecule has 0 N–H and O–H groups in total. The standard InChI is InChI=1S/C15H16F2N4O2/c1-20-8-11(6-19-20)14(22)21-10-15(16,17)5-12(21)9-23-13-3-2-4-18-7-13/h2-4,6-8,12H,5,9-10H2,1H3/t12-/m0/s1. The highest BCUT2D eigenvalue weighted by Gasteiger charge is 2.47. The summed E-state index contributed by atoms with van der Waals surface area (Å²) >= 11 is 0. The molecule has 3 heterocycles. The fourth-order valence-electron chi connectivity index (χ4n) is 2.61. The van der Waals surface area contributed by atoms with Crippen LogP contribution < -0.4 is 4.74 Å². The summed E-state index contributed by atoms with van der Waals surface area (Å²) in [5.74, 6) is -2.90. The number of aromatic nitrogens is 3. The van der Waals surface area contributed by atoms with Crippen molar-refractivity contribution in [2.45, 2.75) is 18.4 Å². The van der Waals surface area contributed by atoms with E-state index < -0.39 is 30.8 Å². The Hall–Kier alpha value is -2.51. The smallest absolute Gasteiger partial charge is 0.267 e. The van der Waals surface area contributed by atoms with Gasteiger partial charge in [-0.15, -0.1) is 0 Å². The van der Waals surface area contributed by atoms with Crippen molar-refractivity contribution >= 4 is 5.91 Å². The Bertz CT molecular complexity index is 690. The van der Waals surface area contributed by atoms with Gasteiger partial charge in [-0.05, 0) is 12.1 Å². The van der Waals surface area contributed by atoms with Crippen LogP contribution in [0, 0.1) is 0 Å². The lowest BCUT2D eigenvalue weighted by molar-refractivity contribution is 0.0116. The molecule has 3 rings (SSSR count). The number of alkyl halides is 2. The third-order valence-electron chi connectivity index (χ3n) is 3.67. The SMILES string of the molecule is Cn1cc(C(=O)N2CC(F)(F)C[C@H]2COc2cccnc2)cn1. The monoisotopic (exact) mass is 322 g/mol. The molecule has 1 aliphatic rings. The number of nitrogens with zero attached hydrogens (tertiary/aromatic N) is 4. The maximum Gasteiger partial charge on any atom is 0.267 e. The van der Waals surface area contributed by atoms with Crippen LogP contribution in [0.3, 0.4) is 0 Å². The molecule has 0 unspecified atom stereocenters. The Morgan fingerprint density at radius 3 is 2.96 bits per heavy atom. The third-order valence-corrected chi connectivity index (χ3v) is 3.67. The topological polar surface area (TPSA) is 60.2 Å². The Labute approximate surface area is 131 Å². The molecular weight excluding hydrogens is 306 g/mol. The second-order valence-corrected chi connectivity index (χ2v) is 5.55. The van der Waals surface area contributed by atoms with Gasteiger partial charge in [-0.25, -0.2) is 8.78 Å². The maximum absolute atomic E-state index is 13.8. The van der Waals surface area contributed by atoms with Crippen molar-refractivity contribution in [2.75, 3.05) is 13.2 Å². The molecule has 8 heteroatoms. The van der Waals surface area contributed by atoms with Gasteiger partial charge in [0.1, 0.15) is 12.4 Å². The summed E-state index contributed by atoms with van der Waals surface area (Å²) < 4.78 is 34.5. The van der Waals surface area contributed by atoms with Gasteiger partial charge in [0.15, 0.2) is 0 Å². The van der Waals surface area contributed by atoms with E-state index in [2.05, 4.69) is 10.1 Å². The summed E-state index contributed by atoms with van der Waals surface area (Å²) in [6.07, 6.45) is 5.56. The number of amides is 1. The first-order valence-electron chi connectivity index (χ1n) is 7.15. The summed E-state index contributed by atoms with van der Waals surface area (Å²) in [6.45, 7) is -0.616. The highest BCUT2D eigenvalue weighted by molar-refractivity contribution is 5.94. The van der Waals surface area contributed by atoms with Crippen molar-refractivity contribution in [3.8, 4) is 5.75 Å². The molecular formula is C15H16F2N4O2. The quantitative estimate of drug-likeness (QED) is 0.860. The van der Waals surface area contributed by atoms with Gasteiger partial charge < -0.3 is 9.64 Å². The van der Waals surface area contributed by atoms with Crippen molar-refractivity contribution in [1.82, 2.24) is 19.7 Å². The molecule has 0 saturated carbocycles. The predicted molar refractivity (Wildman–Crippen MR) is 77.3 cm³/mol. The number of halogens is 2. The molecule has 0 bridgehead atoms. The molecule has 1 amide bonds. The number of aryl methyl sites for hydroxylation is 1. The molecule has 23 heavy (non-hydrogen) atoms. The zero-order valence-corrected chi connectivity index (χ0v) is 12.5. The molecule has 2 aromatic rings. The van der Waals surface area contributed by atoms with E-state index in [-0.39, 0.29) is 12.2 Å². The van der Waals surface area contributed by atoms with Crippen LogP contribution >= 0.6 is 0 Å². The van der Waals surface area contributed by atoms with Crippen LogP contribution in [0.2, 0.25) is 0 Å². The number of hydrogen-bond donors (Lipinski definition) is 0. The Morgan fingerprint density at radius 2 is 2.30 bits per heavy atom. The van der Waals surface area contributed by atoms with Gasteiger partial charge in [0, 0.05) is 25.9 Å². The van der Waals surface area contributed by atoms with Gasteiger partial charge in [-0.3, -0.25) is 14.5 Å². The Kier molecular flexibility index (Phi) is 3.97. The minimum atomic E-state index is -2.92. The number of likely N-dealkylation sites (tertiary alicyclic amines) is 1. The van der Waals surface area contributed by atoms with E-state index in [1.807, 2.05) is 0 Å². The highest BCUT2D eigenvalue weighted by Crippen LogP contribution is 2.33. The maximum atomic E-state index is 13.8. The van der Waals surface area contributed by atoms with Crippen LogP contribution in [0.15, 0.2) is 36.9 Å². The average Bonchev–Trinajstić information content (AvgIpc) is 3.08. The van der Waals surface area contributed by atoms with Crippen LogP contribution in [-0.2, 0) is 7.05 Å². The van der Waals surface area contributed by atoms with Crippen molar-refractivity contribution in [3.05, 3.63) is 42.5 Å². The summed E-state index contributed by atoms with van der Waals surface area (Å²) in [5, 5.41) is 3.91. The first-order chi connectivity index (χ1) is 10.9. The summed E-state index contributed by atoms with van der Waals surface area (Å²) in [5.41, 5.74) is 0.288. The molecule has 1 aliphatic heterocycles. The molecule has 1 fully saturated rings. The third kappa shape index (κ3) is 3.46. The largest absolute Gasteiger partial charge is 0.490 e. The van der Waals surface area contributed by atoms with Crippen LogP contribution in [0.4, 0.5) is 8.78 Å². The highest BCUT2D eigenvalue weighted by atomic mass is 19.3. The van der Waals surface area contributed by atoms with Crippen molar-refractivity contribution in [1.29, 1.82) is 0 Å². The van der Waals surface area contributed by atoms with E-state index in [9.17, 15) is 13.6 Å². The number of rotatable bonds is 4. The molecule has 1 atom stereocenters.